The zero-order valence-electron chi connectivity index (χ0n) is 24.4. The van der Waals surface area contributed by atoms with Gasteiger partial charge in [0.05, 0.1) is 6.04 Å². The molecule has 0 fully saturated rings. The van der Waals surface area contributed by atoms with Gasteiger partial charge in [0.1, 0.15) is 23.9 Å². The largest absolute Gasteiger partial charge is 0.508 e. The summed E-state index contributed by atoms with van der Waals surface area (Å²) in [5.74, 6) is -3.44. The maximum absolute atomic E-state index is 13.7. The van der Waals surface area contributed by atoms with Gasteiger partial charge in [-0.3, -0.25) is 14.4 Å². The number of aliphatic carboxylic acids is 1. The molecule has 0 saturated heterocycles. The van der Waals surface area contributed by atoms with Crippen LogP contribution in [0.15, 0.2) is 54.7 Å². The van der Waals surface area contributed by atoms with Gasteiger partial charge in [0.2, 0.25) is 17.7 Å². The van der Waals surface area contributed by atoms with Crippen LogP contribution in [0, 0.1) is 11.8 Å². The number of amides is 3. The third-order valence-corrected chi connectivity index (χ3v) is 7.54. The van der Waals surface area contributed by atoms with Crippen LogP contribution in [0.1, 0.15) is 45.2 Å². The minimum absolute atomic E-state index is 0.0190. The van der Waals surface area contributed by atoms with Gasteiger partial charge in [-0.2, -0.15) is 0 Å². The van der Waals surface area contributed by atoms with Gasteiger partial charge in [-0.15, -0.1) is 0 Å². The minimum atomic E-state index is -1.27. The fourth-order valence-corrected chi connectivity index (χ4v) is 4.59. The van der Waals surface area contributed by atoms with Crippen molar-refractivity contribution >= 4 is 34.6 Å². The third-order valence-electron chi connectivity index (χ3n) is 7.54. The summed E-state index contributed by atoms with van der Waals surface area (Å²) in [5, 5.41) is 28.3. The van der Waals surface area contributed by atoms with Crippen LogP contribution in [-0.4, -0.2) is 63.1 Å². The van der Waals surface area contributed by atoms with Crippen molar-refractivity contribution in [2.24, 2.45) is 17.6 Å². The molecule has 8 N–H and O–H groups in total. The number of hydrogen-bond donors (Lipinski definition) is 7. The Balaban J connectivity index is 1.83. The Morgan fingerprint density at radius 1 is 0.857 bits per heavy atom. The summed E-state index contributed by atoms with van der Waals surface area (Å²) in [6.45, 7) is 7.25. The number of benzene rings is 2. The molecule has 0 saturated carbocycles. The Bertz CT molecular complexity index is 1390. The molecule has 11 nitrogen and oxygen atoms in total. The SMILES string of the molecule is CCC(C)C(NC(=O)C(Cc1c[nH]c2ccccc12)NC(=O)C(N)C(C)C)C(=O)NC(Cc1ccc(O)cc1)C(=O)O. The van der Waals surface area contributed by atoms with Gasteiger partial charge in [-0.1, -0.05) is 64.4 Å². The molecular formula is C31H41N5O6. The van der Waals surface area contributed by atoms with Crippen LogP contribution in [0.4, 0.5) is 0 Å². The van der Waals surface area contributed by atoms with E-state index in [0.29, 0.717) is 12.0 Å². The molecule has 42 heavy (non-hydrogen) atoms. The second-order valence-electron chi connectivity index (χ2n) is 11.0. The normalized spacial score (nSPS) is 14.9. The molecule has 0 bridgehead atoms. The zero-order valence-corrected chi connectivity index (χ0v) is 24.4. The number of carbonyl (C=O) groups is 4. The van der Waals surface area contributed by atoms with Gasteiger partial charge in [-0.05, 0) is 41.2 Å². The predicted octanol–water partition coefficient (Wildman–Crippen LogP) is 2.23. The summed E-state index contributed by atoms with van der Waals surface area (Å²) in [5.41, 5.74) is 8.34. The second-order valence-corrected chi connectivity index (χ2v) is 11.0. The van der Waals surface area contributed by atoms with Crippen molar-refractivity contribution in [1.82, 2.24) is 20.9 Å². The van der Waals surface area contributed by atoms with Crippen LogP contribution in [0.3, 0.4) is 0 Å². The van der Waals surface area contributed by atoms with Crippen molar-refractivity contribution in [1.29, 1.82) is 0 Å². The number of phenols is 1. The predicted molar refractivity (Wildman–Crippen MR) is 160 cm³/mol. The van der Waals surface area contributed by atoms with Crippen LogP contribution < -0.4 is 21.7 Å². The van der Waals surface area contributed by atoms with E-state index in [1.807, 2.05) is 31.2 Å². The first-order chi connectivity index (χ1) is 19.9. The molecule has 11 heteroatoms. The number of aromatic nitrogens is 1. The molecule has 0 aliphatic heterocycles. The standard InChI is InChI=1S/C31H41N5O6/c1-5-18(4)27(30(40)35-25(31(41)42)14-19-10-12-21(37)13-11-19)36-28(38)24(34-29(39)26(32)17(2)3)15-20-16-33-23-9-7-6-8-22(20)23/h6-13,16-18,24-27,33,37H,5,14-15,32H2,1-4H3,(H,34,39)(H,35,40)(H,36,38)(H,41,42). The number of hydrogen-bond acceptors (Lipinski definition) is 6. The van der Waals surface area contributed by atoms with Gasteiger partial charge in [-0.25, -0.2) is 4.79 Å². The molecule has 1 heterocycles. The lowest BCUT2D eigenvalue weighted by atomic mass is 9.96. The van der Waals surface area contributed by atoms with Crippen molar-refractivity contribution < 1.29 is 29.4 Å². The van der Waals surface area contributed by atoms with E-state index < -0.39 is 47.9 Å². The van der Waals surface area contributed by atoms with Crippen LogP contribution in [0.5, 0.6) is 5.75 Å². The summed E-state index contributed by atoms with van der Waals surface area (Å²) in [6, 6.07) is 9.38. The van der Waals surface area contributed by atoms with Gasteiger partial charge in [0.25, 0.3) is 0 Å². The molecule has 5 unspecified atom stereocenters. The number of nitrogens with one attached hydrogen (secondary N) is 4. The van der Waals surface area contributed by atoms with Gasteiger partial charge in [0, 0.05) is 29.9 Å². The monoisotopic (exact) mass is 579 g/mol. The molecule has 0 spiro atoms. The molecule has 3 aromatic rings. The highest BCUT2D eigenvalue weighted by molar-refractivity contribution is 5.95. The highest BCUT2D eigenvalue weighted by Crippen LogP contribution is 2.20. The highest BCUT2D eigenvalue weighted by Gasteiger charge is 2.33. The van der Waals surface area contributed by atoms with Crippen LogP contribution in [-0.2, 0) is 32.0 Å². The fraction of sp³-hybridized carbons (Fsp3) is 0.419. The summed E-state index contributed by atoms with van der Waals surface area (Å²) >= 11 is 0. The van der Waals surface area contributed by atoms with Crippen molar-refractivity contribution in [3.05, 3.63) is 65.9 Å². The number of para-hydroxylation sites is 1. The number of H-pyrrole nitrogens is 1. The van der Waals surface area contributed by atoms with Crippen LogP contribution in [0.25, 0.3) is 10.9 Å². The van der Waals surface area contributed by atoms with Gasteiger partial charge >= 0.3 is 5.97 Å². The zero-order chi connectivity index (χ0) is 31.0. The Kier molecular flexibility index (Phi) is 11.1. The lowest BCUT2D eigenvalue weighted by Crippen LogP contribution is -2.59. The number of aromatic amines is 1. The lowest BCUT2D eigenvalue weighted by molar-refractivity contribution is -0.142. The number of phenolic OH excluding ortho intramolecular Hbond substituents is 1. The number of rotatable bonds is 14. The van der Waals surface area contributed by atoms with E-state index in [2.05, 4.69) is 20.9 Å². The lowest BCUT2D eigenvalue weighted by Gasteiger charge is -2.28. The Morgan fingerprint density at radius 3 is 2.12 bits per heavy atom. The molecule has 226 valence electrons. The maximum atomic E-state index is 13.7. The van der Waals surface area contributed by atoms with E-state index in [1.54, 1.807) is 39.1 Å². The summed E-state index contributed by atoms with van der Waals surface area (Å²) in [4.78, 5) is 55.3. The van der Waals surface area contributed by atoms with E-state index in [-0.39, 0.29) is 30.4 Å². The molecule has 2 aromatic carbocycles. The fourth-order valence-electron chi connectivity index (χ4n) is 4.59. The third kappa shape index (κ3) is 8.32. The molecule has 3 amide bonds. The number of fused-ring (bicyclic) bond motifs is 1. The van der Waals surface area contributed by atoms with E-state index >= 15 is 0 Å². The molecular weight excluding hydrogens is 538 g/mol. The van der Waals surface area contributed by atoms with Gasteiger partial charge in [0.15, 0.2) is 0 Å². The molecule has 3 rings (SSSR count). The minimum Gasteiger partial charge on any atom is -0.508 e. The van der Waals surface area contributed by atoms with Gasteiger partial charge < -0.3 is 36.9 Å². The first-order valence-corrected chi connectivity index (χ1v) is 14.1. The highest BCUT2D eigenvalue weighted by atomic mass is 16.4. The maximum Gasteiger partial charge on any atom is 0.326 e. The van der Waals surface area contributed by atoms with Crippen molar-refractivity contribution in [2.75, 3.05) is 0 Å². The molecule has 1 aromatic heterocycles. The molecule has 0 radical (unpaired) electrons. The van der Waals surface area contributed by atoms with Crippen LogP contribution >= 0.6 is 0 Å². The number of carboxylic acid groups (broad SMARTS) is 1. The summed E-state index contributed by atoms with van der Waals surface area (Å²) in [6.07, 6.45) is 2.42. The molecule has 0 aliphatic carbocycles. The van der Waals surface area contributed by atoms with Crippen molar-refractivity contribution in [2.45, 2.75) is 71.1 Å². The van der Waals surface area contributed by atoms with E-state index in [4.69, 9.17) is 5.73 Å². The number of carbonyl (C=O) groups excluding carboxylic acids is 3. The number of nitrogens with two attached hydrogens (primary N) is 1. The average molecular weight is 580 g/mol. The topological polar surface area (TPSA) is 187 Å². The average Bonchev–Trinajstić information content (AvgIpc) is 3.37. The second kappa shape index (κ2) is 14.5. The van der Waals surface area contributed by atoms with E-state index in [1.165, 1.54) is 12.1 Å². The van der Waals surface area contributed by atoms with Crippen molar-refractivity contribution in [3.8, 4) is 5.75 Å². The smallest absolute Gasteiger partial charge is 0.326 e. The van der Waals surface area contributed by atoms with Crippen molar-refractivity contribution in [3.63, 3.8) is 0 Å². The molecule has 5 atom stereocenters. The summed E-state index contributed by atoms with van der Waals surface area (Å²) < 4.78 is 0. The summed E-state index contributed by atoms with van der Waals surface area (Å²) in [7, 11) is 0. The number of aromatic hydroxyl groups is 1. The molecule has 0 aliphatic rings. The Hall–Kier alpha value is -4.38. The Morgan fingerprint density at radius 2 is 1.50 bits per heavy atom. The quantitative estimate of drug-likeness (QED) is 0.152. The first kappa shape index (κ1) is 32.1. The van der Waals surface area contributed by atoms with Crippen LogP contribution in [0.2, 0.25) is 0 Å². The van der Waals surface area contributed by atoms with E-state index in [0.717, 1.165) is 16.5 Å². The Labute approximate surface area is 245 Å². The number of carboxylic acids is 1. The van der Waals surface area contributed by atoms with E-state index in [9.17, 15) is 29.4 Å². The first-order valence-electron chi connectivity index (χ1n) is 14.1.